The van der Waals surface area contributed by atoms with Gasteiger partial charge in [-0.15, -0.1) is 0 Å². The molecule has 0 atom stereocenters. The highest BCUT2D eigenvalue weighted by atomic mass is 14.8. The number of aromatic nitrogens is 2. The van der Waals surface area contributed by atoms with Gasteiger partial charge in [0, 0.05) is 47.0 Å². The summed E-state index contributed by atoms with van der Waals surface area (Å²) in [4.78, 5) is 18.8. The van der Waals surface area contributed by atoms with E-state index in [1.165, 1.54) is 0 Å². The van der Waals surface area contributed by atoms with Gasteiger partial charge in [-0.05, 0) is 58.7 Å². The summed E-state index contributed by atoms with van der Waals surface area (Å²) in [7, 11) is 0. The molecule has 0 spiro atoms. The minimum absolute atomic E-state index is 0.891. The molecule has 0 saturated carbocycles. The van der Waals surface area contributed by atoms with Crippen molar-refractivity contribution >= 4 is 22.8 Å². The van der Waals surface area contributed by atoms with E-state index < -0.39 is 0 Å². The lowest BCUT2D eigenvalue weighted by atomic mass is 9.94. The van der Waals surface area contributed by atoms with E-state index >= 15 is 0 Å². The van der Waals surface area contributed by atoms with E-state index in [4.69, 9.17) is 9.98 Å². The third-order valence-corrected chi connectivity index (χ3v) is 7.13. The van der Waals surface area contributed by atoms with Crippen molar-refractivity contribution in [1.29, 1.82) is 0 Å². The smallest absolute Gasteiger partial charge is 0.0803 e. The standard InChI is InChI=1S/C36H24N4/c1-3-7-33-31(5-1)35(29-13-9-25(10-14-29)27-17-21-37-22-18-27)40-34-8-4-2-6-32(34)36(39-33)30-15-11-26(12-16-30)28-19-23-38-24-20-28/h1-24H. The van der Waals surface area contributed by atoms with E-state index in [1.54, 1.807) is 0 Å². The van der Waals surface area contributed by atoms with Crippen LogP contribution in [-0.2, 0) is 0 Å². The molecule has 0 fully saturated rings. The second-order valence-corrected chi connectivity index (χ2v) is 9.58. The number of hydrogen-bond acceptors (Lipinski definition) is 4. The van der Waals surface area contributed by atoms with Crippen LogP contribution in [0.15, 0.2) is 156 Å². The van der Waals surface area contributed by atoms with Crippen molar-refractivity contribution in [1.82, 2.24) is 9.97 Å². The maximum atomic E-state index is 5.27. The van der Waals surface area contributed by atoms with E-state index in [-0.39, 0.29) is 0 Å². The van der Waals surface area contributed by atoms with Crippen molar-refractivity contribution in [3.63, 3.8) is 0 Å². The van der Waals surface area contributed by atoms with Crippen LogP contribution in [0.25, 0.3) is 22.3 Å². The molecule has 0 N–H and O–H groups in total. The van der Waals surface area contributed by atoms with Crippen LogP contribution in [0.4, 0.5) is 11.4 Å². The number of fused-ring (bicyclic) bond motifs is 2. The van der Waals surface area contributed by atoms with Crippen LogP contribution in [0.2, 0.25) is 0 Å². The van der Waals surface area contributed by atoms with E-state index in [2.05, 4.69) is 82.8 Å². The van der Waals surface area contributed by atoms with Crippen LogP contribution in [0.3, 0.4) is 0 Å². The van der Waals surface area contributed by atoms with Gasteiger partial charge in [0.05, 0.1) is 22.8 Å². The number of nitrogens with zero attached hydrogens (tertiary/aromatic N) is 4. The van der Waals surface area contributed by atoms with E-state index in [0.29, 0.717) is 0 Å². The zero-order valence-electron chi connectivity index (χ0n) is 21.6. The lowest BCUT2D eigenvalue weighted by molar-refractivity contribution is 1.33. The lowest BCUT2D eigenvalue weighted by Crippen LogP contribution is -2.10. The predicted octanol–water partition coefficient (Wildman–Crippen LogP) is 8.46. The summed E-state index contributed by atoms with van der Waals surface area (Å²) >= 11 is 0. The van der Waals surface area contributed by atoms with Crippen molar-refractivity contribution < 1.29 is 0 Å². The highest BCUT2D eigenvalue weighted by Crippen LogP contribution is 2.34. The molecule has 0 aliphatic carbocycles. The molecule has 4 nitrogen and oxygen atoms in total. The third kappa shape index (κ3) is 4.52. The van der Waals surface area contributed by atoms with Gasteiger partial charge in [0.2, 0.25) is 0 Å². The average molecular weight is 513 g/mol. The normalized spacial score (nSPS) is 12.3. The monoisotopic (exact) mass is 512 g/mol. The molecule has 1 aliphatic heterocycles. The maximum absolute atomic E-state index is 5.27. The largest absolute Gasteiger partial charge is 0.265 e. The molecule has 4 aromatic carbocycles. The van der Waals surface area contributed by atoms with E-state index in [9.17, 15) is 0 Å². The van der Waals surface area contributed by atoms with Gasteiger partial charge >= 0.3 is 0 Å². The maximum Gasteiger partial charge on any atom is 0.0803 e. The summed E-state index contributed by atoms with van der Waals surface area (Å²) in [6.07, 6.45) is 7.27. The first-order valence-electron chi connectivity index (χ1n) is 13.2. The Morgan fingerprint density at radius 2 is 0.625 bits per heavy atom. The molecule has 0 radical (unpaired) electrons. The minimum Gasteiger partial charge on any atom is -0.265 e. The van der Waals surface area contributed by atoms with Gasteiger partial charge in [0.1, 0.15) is 0 Å². The fourth-order valence-corrected chi connectivity index (χ4v) is 5.07. The number of para-hydroxylation sites is 2. The number of rotatable bonds is 4. The highest BCUT2D eigenvalue weighted by Gasteiger charge is 2.20. The van der Waals surface area contributed by atoms with Crippen LogP contribution >= 0.6 is 0 Å². The molecule has 40 heavy (non-hydrogen) atoms. The molecule has 0 amide bonds. The van der Waals surface area contributed by atoms with Crippen LogP contribution in [0, 0.1) is 0 Å². The molecule has 3 heterocycles. The van der Waals surface area contributed by atoms with Gasteiger partial charge in [-0.3, -0.25) is 9.97 Å². The van der Waals surface area contributed by atoms with Crippen LogP contribution in [0.1, 0.15) is 22.3 Å². The second-order valence-electron chi connectivity index (χ2n) is 9.58. The number of pyridine rings is 2. The van der Waals surface area contributed by atoms with Crippen LogP contribution < -0.4 is 0 Å². The predicted molar refractivity (Wildman–Crippen MR) is 163 cm³/mol. The van der Waals surface area contributed by atoms with Crippen molar-refractivity contribution in [3.05, 3.63) is 168 Å². The Morgan fingerprint density at radius 3 is 1.02 bits per heavy atom. The Labute approximate surface area is 233 Å². The molecule has 0 saturated heterocycles. The topological polar surface area (TPSA) is 50.5 Å². The zero-order valence-corrected chi connectivity index (χ0v) is 21.6. The summed E-state index contributed by atoms with van der Waals surface area (Å²) < 4.78 is 0. The summed E-state index contributed by atoms with van der Waals surface area (Å²) in [6, 6.07) is 41.7. The van der Waals surface area contributed by atoms with Crippen molar-refractivity contribution in [2.75, 3.05) is 0 Å². The Kier molecular flexibility index (Phi) is 6.11. The summed E-state index contributed by atoms with van der Waals surface area (Å²) in [5.74, 6) is 0. The molecule has 0 unspecified atom stereocenters. The van der Waals surface area contributed by atoms with Crippen molar-refractivity contribution in [2.45, 2.75) is 0 Å². The summed E-state index contributed by atoms with van der Waals surface area (Å²) in [5, 5.41) is 0. The molecular formula is C36H24N4. The fourth-order valence-electron chi connectivity index (χ4n) is 5.07. The van der Waals surface area contributed by atoms with Crippen LogP contribution in [0.5, 0.6) is 0 Å². The first kappa shape index (κ1) is 23.6. The first-order chi connectivity index (χ1) is 19.8. The first-order valence-corrected chi connectivity index (χ1v) is 13.2. The molecule has 4 heteroatoms. The Hall–Kier alpha value is -5.48. The summed E-state index contributed by atoms with van der Waals surface area (Å²) in [5.41, 5.74) is 12.2. The van der Waals surface area contributed by atoms with Gasteiger partial charge in [-0.25, -0.2) is 9.98 Å². The van der Waals surface area contributed by atoms with Gasteiger partial charge in [-0.2, -0.15) is 0 Å². The Morgan fingerprint density at radius 1 is 0.300 bits per heavy atom. The number of aliphatic imine (C=N–C) groups is 2. The molecule has 1 aliphatic rings. The second kappa shape index (κ2) is 10.4. The fraction of sp³-hybridized carbons (Fsp3) is 0. The van der Waals surface area contributed by atoms with E-state index in [1.807, 2.05) is 73.3 Å². The number of hydrogen-bond donors (Lipinski definition) is 0. The molecule has 188 valence electrons. The molecule has 7 rings (SSSR count). The van der Waals surface area contributed by atoms with Crippen LogP contribution in [-0.4, -0.2) is 21.4 Å². The van der Waals surface area contributed by atoms with Crippen molar-refractivity contribution in [3.8, 4) is 22.3 Å². The molecule has 0 bridgehead atoms. The number of benzene rings is 4. The average Bonchev–Trinajstić information content (AvgIpc) is 3.03. The molecule has 6 aromatic rings. The summed E-state index contributed by atoms with van der Waals surface area (Å²) in [6.45, 7) is 0. The van der Waals surface area contributed by atoms with Gasteiger partial charge in [-0.1, -0.05) is 84.9 Å². The lowest BCUT2D eigenvalue weighted by Gasteiger charge is -2.18. The highest BCUT2D eigenvalue weighted by molar-refractivity contribution is 6.22. The van der Waals surface area contributed by atoms with E-state index in [0.717, 1.165) is 67.3 Å². The molecule has 2 aromatic heterocycles. The molecular weight excluding hydrogens is 488 g/mol. The van der Waals surface area contributed by atoms with Gasteiger partial charge in [0.25, 0.3) is 0 Å². The zero-order chi connectivity index (χ0) is 26.7. The third-order valence-electron chi connectivity index (χ3n) is 7.13. The van der Waals surface area contributed by atoms with Crippen molar-refractivity contribution in [2.24, 2.45) is 9.98 Å². The Balaban J connectivity index is 1.34. The SMILES string of the molecule is c1ccc2c(c1)N=C(c1ccc(-c3ccncc3)cc1)c1ccccc1N=C2c1ccc(-c2ccncc2)cc1. The van der Waals surface area contributed by atoms with Gasteiger partial charge in [0.15, 0.2) is 0 Å². The Bertz CT molecular complexity index is 1710. The quantitative estimate of drug-likeness (QED) is 0.237. The minimum atomic E-state index is 0.891. The van der Waals surface area contributed by atoms with Gasteiger partial charge < -0.3 is 0 Å².